The smallest absolute Gasteiger partial charge is 0.227 e. The number of carbonyl (C=O) groups is 1. The molecule has 188 valence electrons. The molecule has 4 bridgehead atoms. The number of rotatable bonds is 6. The van der Waals surface area contributed by atoms with Crippen molar-refractivity contribution in [1.82, 2.24) is 24.8 Å². The number of fused-ring (bicyclic) bond motifs is 3. The van der Waals surface area contributed by atoms with Crippen LogP contribution >= 0.6 is 0 Å². The molecular formula is C29H36N6O. The van der Waals surface area contributed by atoms with Gasteiger partial charge in [-0.3, -0.25) is 4.79 Å². The van der Waals surface area contributed by atoms with E-state index in [-0.39, 0.29) is 5.91 Å². The number of hydrogen-bond donors (Lipinski definition) is 2. The lowest BCUT2D eigenvalue weighted by atomic mass is 9.49. The molecule has 5 fully saturated rings. The summed E-state index contributed by atoms with van der Waals surface area (Å²) in [7, 11) is 0. The Balaban J connectivity index is 1.14. The minimum Gasteiger partial charge on any atom is -0.355 e. The molecule has 0 spiro atoms. The Morgan fingerprint density at radius 2 is 1.86 bits per heavy atom. The highest BCUT2D eigenvalue weighted by atomic mass is 16.1. The molecule has 1 amide bonds. The third-order valence-electron chi connectivity index (χ3n) is 10.0. The van der Waals surface area contributed by atoms with Crippen LogP contribution in [-0.4, -0.2) is 32.0 Å². The van der Waals surface area contributed by atoms with Gasteiger partial charge >= 0.3 is 0 Å². The summed E-state index contributed by atoms with van der Waals surface area (Å²) in [5, 5.41) is 13.6. The summed E-state index contributed by atoms with van der Waals surface area (Å²) in [5.74, 6) is 4.12. The van der Waals surface area contributed by atoms with Gasteiger partial charge in [-0.25, -0.2) is 9.97 Å². The Hall–Kier alpha value is -2.88. The molecule has 3 heterocycles. The maximum atomic E-state index is 13.3. The summed E-state index contributed by atoms with van der Waals surface area (Å²) in [6, 6.07) is 4.72. The Morgan fingerprint density at radius 3 is 2.56 bits per heavy atom. The fraction of sp³-hybridized carbons (Fsp3) is 0.655. The van der Waals surface area contributed by atoms with E-state index in [2.05, 4.69) is 32.0 Å². The molecule has 7 heteroatoms. The van der Waals surface area contributed by atoms with E-state index in [1.165, 1.54) is 38.5 Å². The van der Waals surface area contributed by atoms with Crippen LogP contribution in [0.5, 0.6) is 0 Å². The molecule has 7 nitrogen and oxygen atoms in total. The number of nitrogens with zero attached hydrogens (tertiary/aromatic N) is 4. The maximum absolute atomic E-state index is 13.3. The molecule has 0 radical (unpaired) electrons. The van der Waals surface area contributed by atoms with Crippen molar-refractivity contribution in [1.29, 1.82) is 5.26 Å². The summed E-state index contributed by atoms with van der Waals surface area (Å²) in [6.45, 7) is 0.832. The third kappa shape index (κ3) is 3.81. The Morgan fingerprint density at radius 1 is 1.14 bits per heavy atom. The van der Waals surface area contributed by atoms with E-state index in [0.717, 1.165) is 77.9 Å². The van der Waals surface area contributed by atoms with Crippen molar-refractivity contribution in [2.75, 3.05) is 6.54 Å². The number of nitriles is 1. The van der Waals surface area contributed by atoms with Gasteiger partial charge in [-0.05, 0) is 99.4 Å². The van der Waals surface area contributed by atoms with Gasteiger partial charge in [-0.15, -0.1) is 0 Å². The monoisotopic (exact) mass is 484 g/mol. The van der Waals surface area contributed by atoms with Crippen molar-refractivity contribution in [2.24, 2.45) is 29.1 Å². The van der Waals surface area contributed by atoms with Crippen molar-refractivity contribution in [3.63, 3.8) is 0 Å². The van der Waals surface area contributed by atoms with Gasteiger partial charge in [-0.2, -0.15) is 5.26 Å². The van der Waals surface area contributed by atoms with Crippen molar-refractivity contribution in [3.05, 3.63) is 24.3 Å². The van der Waals surface area contributed by atoms with E-state index >= 15 is 0 Å². The van der Waals surface area contributed by atoms with Gasteiger partial charge in [0.2, 0.25) is 5.91 Å². The highest BCUT2D eigenvalue weighted by molar-refractivity contribution is 6.01. The molecule has 2 N–H and O–H groups in total. The molecular weight excluding hydrogens is 448 g/mol. The van der Waals surface area contributed by atoms with E-state index in [0.29, 0.717) is 30.2 Å². The SMILES string of the molecule is N#CC[C@H]1CC[C@H](n2c(CC(=O)NCC34CC5CC(CC(C5)C3)C4)nc3cnc4[nH]ccc4c32)CC1. The standard InChI is InChI=1S/C29H36N6O/c30-7-5-18-1-3-22(4-2-18)35-25(34-24-16-32-28-23(27(24)35)6-8-31-28)12-26(36)33-17-29-13-19-9-20(14-29)11-21(10-19)15-29/h6,8,16,18-22H,1-5,9-15,17H2,(H,31,32)(H,33,36)/t18-,19?,20?,21?,22-,29?. The number of aromatic nitrogens is 4. The van der Waals surface area contributed by atoms with Crippen molar-refractivity contribution in [2.45, 2.75) is 83.1 Å². The van der Waals surface area contributed by atoms with E-state index in [1.807, 2.05) is 12.4 Å². The van der Waals surface area contributed by atoms with Gasteiger partial charge in [0.1, 0.15) is 17.0 Å². The van der Waals surface area contributed by atoms with Crippen LogP contribution in [0, 0.1) is 40.4 Å². The second-order valence-electron chi connectivity index (χ2n) is 12.5. The average Bonchev–Trinajstić information content (AvgIpc) is 3.47. The number of aromatic amines is 1. The van der Waals surface area contributed by atoms with Crippen molar-refractivity contribution in [3.8, 4) is 6.07 Å². The first-order chi connectivity index (χ1) is 17.6. The lowest BCUT2D eigenvalue weighted by Crippen LogP contribution is -2.51. The number of imidazole rings is 1. The zero-order valence-electron chi connectivity index (χ0n) is 21.0. The van der Waals surface area contributed by atoms with Crippen LogP contribution in [0.3, 0.4) is 0 Å². The van der Waals surface area contributed by atoms with Crippen molar-refractivity contribution < 1.29 is 4.79 Å². The third-order valence-corrected chi connectivity index (χ3v) is 10.0. The topological polar surface area (TPSA) is 99.4 Å². The predicted molar refractivity (Wildman–Crippen MR) is 138 cm³/mol. The fourth-order valence-electron chi connectivity index (χ4n) is 8.89. The first-order valence-electron chi connectivity index (χ1n) is 14.1. The molecule has 0 aliphatic heterocycles. The minimum absolute atomic E-state index is 0.0961. The predicted octanol–water partition coefficient (Wildman–Crippen LogP) is 5.43. The number of H-pyrrole nitrogens is 1. The Kier molecular flexibility index (Phi) is 5.34. The van der Waals surface area contributed by atoms with E-state index < -0.39 is 0 Å². The molecule has 0 atom stereocenters. The minimum atomic E-state index is 0.0961. The lowest BCUT2D eigenvalue weighted by Gasteiger charge is -2.56. The number of pyridine rings is 1. The van der Waals surface area contributed by atoms with E-state index in [4.69, 9.17) is 10.2 Å². The number of hydrogen-bond acceptors (Lipinski definition) is 4. The molecule has 0 aromatic carbocycles. The summed E-state index contributed by atoms with van der Waals surface area (Å²) in [5.41, 5.74) is 3.16. The van der Waals surface area contributed by atoms with Crippen LogP contribution in [0.25, 0.3) is 22.1 Å². The lowest BCUT2D eigenvalue weighted by molar-refractivity contribution is -0.122. The van der Waals surface area contributed by atoms with Crippen LogP contribution in [-0.2, 0) is 11.2 Å². The van der Waals surface area contributed by atoms with Crippen LogP contribution in [0.1, 0.15) is 82.5 Å². The van der Waals surface area contributed by atoms with E-state index in [1.54, 1.807) is 0 Å². The van der Waals surface area contributed by atoms with Gasteiger partial charge in [0.15, 0.2) is 0 Å². The number of carbonyl (C=O) groups excluding carboxylic acids is 1. The average molecular weight is 485 g/mol. The first-order valence-corrected chi connectivity index (χ1v) is 14.1. The molecule has 0 unspecified atom stereocenters. The highest BCUT2D eigenvalue weighted by Gasteiger charge is 2.50. The second kappa shape index (κ2) is 8.61. The van der Waals surface area contributed by atoms with Gasteiger partial charge < -0.3 is 14.9 Å². The summed E-state index contributed by atoms with van der Waals surface area (Å²) < 4.78 is 2.35. The van der Waals surface area contributed by atoms with Gasteiger partial charge in [0, 0.05) is 30.6 Å². The largest absolute Gasteiger partial charge is 0.355 e. The first kappa shape index (κ1) is 22.3. The molecule has 0 saturated heterocycles. The molecule has 3 aromatic rings. The normalized spacial score (nSPS) is 33.2. The van der Waals surface area contributed by atoms with Crippen LogP contribution < -0.4 is 5.32 Å². The quantitative estimate of drug-likeness (QED) is 0.487. The van der Waals surface area contributed by atoms with Gasteiger partial charge in [0.05, 0.1) is 24.2 Å². The fourth-order valence-corrected chi connectivity index (χ4v) is 8.89. The molecule has 5 aliphatic rings. The van der Waals surface area contributed by atoms with Crippen LogP contribution in [0.2, 0.25) is 0 Å². The van der Waals surface area contributed by atoms with E-state index in [9.17, 15) is 4.79 Å². The Bertz CT molecular complexity index is 1300. The highest BCUT2D eigenvalue weighted by Crippen LogP contribution is 2.59. The Labute approximate surface area is 212 Å². The van der Waals surface area contributed by atoms with Gasteiger partial charge in [-0.1, -0.05) is 0 Å². The van der Waals surface area contributed by atoms with Crippen LogP contribution in [0.15, 0.2) is 18.5 Å². The molecule has 36 heavy (non-hydrogen) atoms. The number of nitrogens with one attached hydrogen (secondary N) is 2. The maximum Gasteiger partial charge on any atom is 0.227 e. The summed E-state index contributed by atoms with van der Waals surface area (Å²) >= 11 is 0. The molecule has 8 rings (SSSR count). The number of amides is 1. The summed E-state index contributed by atoms with van der Waals surface area (Å²) in [6.07, 6.45) is 17.1. The van der Waals surface area contributed by atoms with Gasteiger partial charge in [0.25, 0.3) is 0 Å². The second-order valence-corrected chi connectivity index (χ2v) is 12.5. The molecule has 5 saturated carbocycles. The zero-order valence-corrected chi connectivity index (χ0v) is 21.0. The van der Waals surface area contributed by atoms with Crippen LogP contribution in [0.4, 0.5) is 0 Å². The summed E-state index contributed by atoms with van der Waals surface area (Å²) in [4.78, 5) is 26.1. The van der Waals surface area contributed by atoms with Crippen molar-refractivity contribution >= 4 is 28.0 Å². The molecule has 5 aliphatic carbocycles. The zero-order chi connectivity index (χ0) is 24.3. The molecule has 3 aromatic heterocycles.